The average molecular weight is 439 g/mol. The molecule has 1 aliphatic heterocycles. The molecule has 1 aromatic heterocycles. The van der Waals surface area contributed by atoms with Crippen LogP contribution < -0.4 is 15.8 Å². The Morgan fingerprint density at radius 2 is 2.13 bits per heavy atom. The monoisotopic (exact) mass is 439 g/mol. The number of nitrogens with one attached hydrogen (secondary N) is 1. The van der Waals surface area contributed by atoms with Crippen molar-refractivity contribution in [2.75, 3.05) is 5.88 Å². The number of halogens is 3. The lowest BCUT2D eigenvalue weighted by molar-refractivity contribution is -0.274. The fraction of sp³-hybridized carbons (Fsp3) is 0.300. The van der Waals surface area contributed by atoms with Crippen LogP contribution in [0.15, 0.2) is 48.8 Å². The second-order valence-corrected chi connectivity index (χ2v) is 7.88. The third kappa shape index (κ3) is 4.64. The SMILES string of the molecule is CC1(C(=O)NCS/C(=C\N)c2cccc(OC(F)(F)F)c2)CCC(=O)c2cccn21. The van der Waals surface area contributed by atoms with E-state index in [0.29, 0.717) is 22.6 Å². The van der Waals surface area contributed by atoms with Gasteiger partial charge in [0.15, 0.2) is 5.78 Å². The van der Waals surface area contributed by atoms with Crippen molar-refractivity contribution in [1.82, 2.24) is 9.88 Å². The van der Waals surface area contributed by atoms with Crippen LogP contribution in [0, 0.1) is 0 Å². The largest absolute Gasteiger partial charge is 0.573 e. The van der Waals surface area contributed by atoms with E-state index in [1.807, 2.05) is 0 Å². The highest BCUT2D eigenvalue weighted by molar-refractivity contribution is 8.08. The van der Waals surface area contributed by atoms with Gasteiger partial charge in [0.2, 0.25) is 5.91 Å². The standard InChI is InChI=1S/C20H20F3N3O3S/c1-19(8-7-16(27)15-6-3-9-26(15)19)18(28)25-12-30-17(11-24)13-4-2-5-14(10-13)29-20(21,22)23/h2-6,9-11H,7-8,12,24H2,1H3,(H,25,28)/b17-11-. The van der Waals surface area contributed by atoms with Crippen LogP contribution in [0.25, 0.3) is 4.91 Å². The molecule has 0 radical (unpaired) electrons. The van der Waals surface area contributed by atoms with E-state index in [4.69, 9.17) is 5.73 Å². The Kier molecular flexibility index (Phi) is 6.16. The van der Waals surface area contributed by atoms with E-state index in [-0.39, 0.29) is 29.7 Å². The number of alkyl halides is 3. The van der Waals surface area contributed by atoms with Crippen LogP contribution in [0.2, 0.25) is 0 Å². The van der Waals surface area contributed by atoms with Gasteiger partial charge in [-0.15, -0.1) is 24.9 Å². The third-order valence-corrected chi connectivity index (χ3v) is 5.83. The van der Waals surface area contributed by atoms with Crippen LogP contribution in [0.1, 0.15) is 35.8 Å². The Labute approximate surface area is 175 Å². The molecule has 0 saturated heterocycles. The topological polar surface area (TPSA) is 86.4 Å². The molecule has 0 aliphatic carbocycles. The molecule has 0 spiro atoms. The Bertz CT molecular complexity index is 987. The lowest BCUT2D eigenvalue weighted by atomic mass is 9.88. The molecule has 3 N–H and O–H groups in total. The number of rotatable bonds is 6. The summed E-state index contributed by atoms with van der Waals surface area (Å²) in [5, 5.41) is 2.81. The van der Waals surface area contributed by atoms with Crippen molar-refractivity contribution in [2.24, 2.45) is 5.73 Å². The van der Waals surface area contributed by atoms with Gasteiger partial charge in [0, 0.05) is 23.7 Å². The first-order valence-corrected chi connectivity index (χ1v) is 10.0. The van der Waals surface area contributed by atoms with Gasteiger partial charge >= 0.3 is 6.36 Å². The molecule has 10 heteroatoms. The first kappa shape index (κ1) is 21.8. The number of ether oxygens (including phenoxy) is 1. The van der Waals surface area contributed by atoms with Crippen molar-refractivity contribution in [1.29, 1.82) is 0 Å². The maximum atomic E-state index is 12.9. The summed E-state index contributed by atoms with van der Waals surface area (Å²) in [5.41, 5.74) is 5.66. The second kappa shape index (κ2) is 8.47. The van der Waals surface area contributed by atoms with E-state index >= 15 is 0 Å². The summed E-state index contributed by atoms with van der Waals surface area (Å²) in [6, 6.07) is 8.85. The Morgan fingerprint density at radius 1 is 1.37 bits per heavy atom. The van der Waals surface area contributed by atoms with Gasteiger partial charge in [-0.25, -0.2) is 0 Å². The van der Waals surface area contributed by atoms with Crippen molar-refractivity contribution in [3.8, 4) is 5.75 Å². The fourth-order valence-electron chi connectivity index (χ4n) is 3.31. The molecule has 1 unspecified atom stereocenters. The van der Waals surface area contributed by atoms with Crippen LogP contribution in [0.3, 0.4) is 0 Å². The molecule has 0 fully saturated rings. The Morgan fingerprint density at radius 3 is 2.83 bits per heavy atom. The smallest absolute Gasteiger partial charge is 0.406 e. The number of Topliss-reactive ketones (excluding diaryl/α,β-unsaturated/α-hetero) is 1. The molecular weight excluding hydrogens is 419 g/mol. The van der Waals surface area contributed by atoms with Crippen molar-refractivity contribution < 1.29 is 27.5 Å². The lowest BCUT2D eigenvalue weighted by Crippen LogP contribution is -2.49. The predicted octanol–water partition coefficient (Wildman–Crippen LogP) is 3.84. The van der Waals surface area contributed by atoms with E-state index in [0.717, 1.165) is 0 Å². The van der Waals surface area contributed by atoms with E-state index < -0.39 is 11.9 Å². The maximum absolute atomic E-state index is 12.9. The number of nitrogens with two attached hydrogens (primary N) is 1. The molecule has 6 nitrogen and oxygen atoms in total. The summed E-state index contributed by atoms with van der Waals surface area (Å²) in [7, 11) is 0. The van der Waals surface area contributed by atoms with Crippen LogP contribution >= 0.6 is 11.8 Å². The van der Waals surface area contributed by atoms with Crippen LogP contribution in [-0.4, -0.2) is 28.5 Å². The zero-order chi connectivity index (χ0) is 21.9. The third-order valence-electron chi connectivity index (χ3n) is 4.86. The molecule has 1 atom stereocenters. The predicted molar refractivity (Wildman–Crippen MR) is 108 cm³/mol. The van der Waals surface area contributed by atoms with Crippen molar-refractivity contribution in [2.45, 2.75) is 31.7 Å². The van der Waals surface area contributed by atoms with Gasteiger partial charge in [0.1, 0.15) is 11.3 Å². The van der Waals surface area contributed by atoms with Crippen LogP contribution in [0.4, 0.5) is 13.2 Å². The first-order chi connectivity index (χ1) is 14.1. The number of thioether (sulfide) groups is 1. The number of benzene rings is 1. The molecule has 1 aromatic carbocycles. The van der Waals surface area contributed by atoms with Crippen molar-refractivity contribution in [3.05, 3.63) is 60.1 Å². The molecule has 2 aromatic rings. The molecule has 2 heterocycles. The highest BCUT2D eigenvalue weighted by Crippen LogP contribution is 2.33. The Balaban J connectivity index is 1.65. The van der Waals surface area contributed by atoms with Crippen molar-refractivity contribution >= 4 is 28.4 Å². The fourth-order valence-corrected chi connectivity index (χ4v) is 4.06. The van der Waals surface area contributed by atoms with E-state index in [1.165, 1.54) is 36.2 Å². The number of carbonyl (C=O) groups is 2. The molecule has 3 rings (SSSR count). The van der Waals surface area contributed by atoms with Crippen molar-refractivity contribution in [3.63, 3.8) is 0 Å². The van der Waals surface area contributed by atoms with Gasteiger partial charge in [-0.2, -0.15) is 0 Å². The van der Waals surface area contributed by atoms with Gasteiger partial charge < -0.3 is 20.4 Å². The van der Waals surface area contributed by atoms with E-state index in [2.05, 4.69) is 10.1 Å². The molecular formula is C20H20F3N3O3S. The van der Waals surface area contributed by atoms with Gasteiger partial charge in [0.25, 0.3) is 0 Å². The maximum Gasteiger partial charge on any atom is 0.573 e. The van der Waals surface area contributed by atoms with Gasteiger partial charge in [0.05, 0.1) is 11.6 Å². The van der Waals surface area contributed by atoms with Gasteiger partial charge in [-0.1, -0.05) is 12.1 Å². The number of ketones is 1. The zero-order valence-corrected chi connectivity index (χ0v) is 16.8. The minimum atomic E-state index is -4.79. The number of hydrogen-bond acceptors (Lipinski definition) is 5. The quantitative estimate of drug-likeness (QED) is 0.668. The number of hydrogen-bond donors (Lipinski definition) is 2. The summed E-state index contributed by atoms with van der Waals surface area (Å²) in [6.07, 6.45) is -1.17. The normalized spacial score (nSPS) is 19.3. The first-order valence-electron chi connectivity index (χ1n) is 9.04. The Hall–Kier alpha value is -2.88. The molecule has 30 heavy (non-hydrogen) atoms. The van der Waals surface area contributed by atoms with E-state index in [9.17, 15) is 22.8 Å². The lowest BCUT2D eigenvalue weighted by Gasteiger charge is -2.35. The highest BCUT2D eigenvalue weighted by Gasteiger charge is 2.40. The summed E-state index contributed by atoms with van der Waals surface area (Å²) in [5.74, 6) is -0.477. The number of amides is 1. The van der Waals surface area contributed by atoms with E-state index in [1.54, 1.807) is 35.9 Å². The minimum absolute atomic E-state index is 0.00559. The van der Waals surface area contributed by atoms with Crippen LogP contribution in [-0.2, 0) is 10.3 Å². The molecule has 160 valence electrons. The molecule has 1 amide bonds. The number of nitrogens with zero attached hydrogens (tertiary/aromatic N) is 1. The van der Waals surface area contributed by atoms with Crippen LogP contribution in [0.5, 0.6) is 5.75 Å². The summed E-state index contributed by atoms with van der Waals surface area (Å²) < 4.78 is 42.9. The molecule has 0 bridgehead atoms. The summed E-state index contributed by atoms with van der Waals surface area (Å²) in [6.45, 7) is 1.76. The summed E-state index contributed by atoms with van der Waals surface area (Å²) in [4.78, 5) is 25.3. The number of carbonyl (C=O) groups excluding carboxylic acids is 2. The number of aromatic nitrogens is 1. The molecule has 1 aliphatic rings. The highest BCUT2D eigenvalue weighted by atomic mass is 32.2. The van der Waals surface area contributed by atoms with Gasteiger partial charge in [-0.05, 0) is 43.2 Å². The molecule has 0 saturated carbocycles. The zero-order valence-electron chi connectivity index (χ0n) is 16.0. The minimum Gasteiger partial charge on any atom is -0.406 e. The second-order valence-electron chi connectivity index (χ2n) is 6.86. The average Bonchev–Trinajstić information content (AvgIpc) is 3.18. The van der Waals surface area contributed by atoms with Gasteiger partial charge in [-0.3, -0.25) is 9.59 Å². The number of fused-ring (bicyclic) bond motifs is 1. The summed E-state index contributed by atoms with van der Waals surface area (Å²) >= 11 is 1.17.